The van der Waals surface area contributed by atoms with Crippen LogP contribution in [0.1, 0.15) is 54.1 Å². The van der Waals surface area contributed by atoms with E-state index in [4.69, 9.17) is 5.73 Å². The van der Waals surface area contributed by atoms with Crippen molar-refractivity contribution in [1.82, 2.24) is 5.32 Å². The molecule has 1 fully saturated rings. The standard InChI is InChI=1S/C17H24N2OS/c1-12(2)14-7-3-4-8-15(14)19-17(20)16-10-9-13(21-16)6-5-11-18/h9-10,12,14-15H,3-4,7-8,11,18H2,1-2H3,(H,19,20). The van der Waals surface area contributed by atoms with E-state index in [1.54, 1.807) is 0 Å². The summed E-state index contributed by atoms with van der Waals surface area (Å²) in [6, 6.07) is 4.06. The van der Waals surface area contributed by atoms with Crippen LogP contribution in [-0.4, -0.2) is 18.5 Å². The second-order valence-corrected chi connectivity index (χ2v) is 7.03. The van der Waals surface area contributed by atoms with Crippen LogP contribution in [0.5, 0.6) is 0 Å². The van der Waals surface area contributed by atoms with Gasteiger partial charge in [-0.05, 0) is 36.8 Å². The van der Waals surface area contributed by atoms with Crippen molar-refractivity contribution in [1.29, 1.82) is 0 Å². The normalized spacial score (nSPS) is 21.7. The summed E-state index contributed by atoms with van der Waals surface area (Å²) in [5, 5.41) is 3.23. The molecule has 1 aromatic rings. The number of nitrogens with two attached hydrogens (primary N) is 1. The van der Waals surface area contributed by atoms with Gasteiger partial charge in [0.05, 0.1) is 16.3 Å². The van der Waals surface area contributed by atoms with Gasteiger partial charge in [-0.2, -0.15) is 0 Å². The highest BCUT2D eigenvalue weighted by Crippen LogP contribution is 2.30. The van der Waals surface area contributed by atoms with Gasteiger partial charge < -0.3 is 11.1 Å². The van der Waals surface area contributed by atoms with Crippen molar-refractivity contribution in [3.63, 3.8) is 0 Å². The lowest BCUT2D eigenvalue weighted by Crippen LogP contribution is -2.43. The van der Waals surface area contributed by atoms with E-state index in [9.17, 15) is 4.79 Å². The molecule has 0 bridgehead atoms. The van der Waals surface area contributed by atoms with Gasteiger partial charge in [-0.15, -0.1) is 11.3 Å². The SMILES string of the molecule is CC(C)C1CCCCC1NC(=O)c1ccc(C#CCN)s1. The molecule has 0 radical (unpaired) electrons. The van der Waals surface area contributed by atoms with Gasteiger partial charge in [0.2, 0.25) is 0 Å². The molecule has 114 valence electrons. The molecule has 0 aromatic carbocycles. The summed E-state index contributed by atoms with van der Waals surface area (Å²) in [7, 11) is 0. The summed E-state index contributed by atoms with van der Waals surface area (Å²) in [5.74, 6) is 7.04. The predicted octanol–water partition coefficient (Wildman–Crippen LogP) is 3.00. The highest BCUT2D eigenvalue weighted by atomic mass is 32.1. The highest BCUT2D eigenvalue weighted by molar-refractivity contribution is 7.14. The first kappa shape index (κ1) is 16.1. The Balaban J connectivity index is 2.01. The summed E-state index contributed by atoms with van der Waals surface area (Å²) in [4.78, 5) is 14.0. The first-order valence-corrected chi connectivity index (χ1v) is 8.53. The van der Waals surface area contributed by atoms with Gasteiger partial charge >= 0.3 is 0 Å². The van der Waals surface area contributed by atoms with Crippen LogP contribution in [0.4, 0.5) is 0 Å². The number of hydrogen-bond donors (Lipinski definition) is 2. The van der Waals surface area contributed by atoms with Crippen LogP contribution in [-0.2, 0) is 0 Å². The maximum atomic E-state index is 12.4. The number of thiophene rings is 1. The third-order valence-corrected chi connectivity index (χ3v) is 5.14. The predicted molar refractivity (Wildman–Crippen MR) is 88.3 cm³/mol. The van der Waals surface area contributed by atoms with Crippen molar-refractivity contribution in [2.45, 2.75) is 45.6 Å². The number of carbonyl (C=O) groups is 1. The number of hydrogen-bond acceptors (Lipinski definition) is 3. The molecule has 2 rings (SSSR count). The average molecular weight is 304 g/mol. The van der Waals surface area contributed by atoms with E-state index in [1.165, 1.54) is 30.6 Å². The Morgan fingerprint density at radius 3 is 2.90 bits per heavy atom. The van der Waals surface area contributed by atoms with Crippen molar-refractivity contribution < 1.29 is 4.79 Å². The Labute approximate surface area is 131 Å². The molecule has 1 aromatic heterocycles. The van der Waals surface area contributed by atoms with E-state index < -0.39 is 0 Å². The van der Waals surface area contributed by atoms with Crippen molar-refractivity contribution in [2.75, 3.05) is 6.54 Å². The van der Waals surface area contributed by atoms with Gasteiger partial charge in [0, 0.05) is 6.04 Å². The second-order valence-electron chi connectivity index (χ2n) is 5.94. The van der Waals surface area contributed by atoms with Crippen LogP contribution < -0.4 is 11.1 Å². The Morgan fingerprint density at radius 1 is 1.43 bits per heavy atom. The molecule has 1 heterocycles. The van der Waals surface area contributed by atoms with Crippen molar-refractivity contribution in [3.05, 3.63) is 21.9 Å². The Hall–Kier alpha value is -1.31. The summed E-state index contributed by atoms with van der Waals surface area (Å²) < 4.78 is 0. The molecule has 3 N–H and O–H groups in total. The fourth-order valence-electron chi connectivity index (χ4n) is 3.04. The quantitative estimate of drug-likeness (QED) is 0.843. The van der Waals surface area contributed by atoms with Gasteiger partial charge in [-0.25, -0.2) is 0 Å². The zero-order chi connectivity index (χ0) is 15.2. The minimum atomic E-state index is 0.0401. The molecule has 0 aliphatic heterocycles. The molecule has 0 spiro atoms. The van der Waals surface area contributed by atoms with Gasteiger partial charge in [0.15, 0.2) is 0 Å². The summed E-state index contributed by atoms with van der Waals surface area (Å²) in [5.41, 5.74) is 5.36. The molecule has 3 nitrogen and oxygen atoms in total. The van der Waals surface area contributed by atoms with Gasteiger partial charge in [-0.3, -0.25) is 4.79 Å². The second kappa shape index (κ2) is 7.63. The van der Waals surface area contributed by atoms with Crippen LogP contribution in [0.25, 0.3) is 0 Å². The smallest absolute Gasteiger partial charge is 0.261 e. The van der Waals surface area contributed by atoms with Crippen molar-refractivity contribution in [3.8, 4) is 11.8 Å². The fraction of sp³-hybridized carbons (Fsp3) is 0.588. The van der Waals surface area contributed by atoms with E-state index in [1.807, 2.05) is 12.1 Å². The van der Waals surface area contributed by atoms with Crippen LogP contribution >= 0.6 is 11.3 Å². The zero-order valence-corrected chi connectivity index (χ0v) is 13.6. The average Bonchev–Trinajstić information content (AvgIpc) is 2.94. The zero-order valence-electron chi connectivity index (χ0n) is 12.8. The van der Waals surface area contributed by atoms with Crippen LogP contribution in [0.2, 0.25) is 0 Å². The number of nitrogens with one attached hydrogen (secondary N) is 1. The monoisotopic (exact) mass is 304 g/mol. The van der Waals surface area contributed by atoms with Crippen LogP contribution in [0, 0.1) is 23.7 Å². The van der Waals surface area contributed by atoms with E-state index in [2.05, 4.69) is 31.0 Å². The third-order valence-electron chi connectivity index (χ3n) is 4.14. The van der Waals surface area contributed by atoms with Crippen molar-refractivity contribution >= 4 is 17.2 Å². The lowest BCUT2D eigenvalue weighted by molar-refractivity contribution is 0.0893. The summed E-state index contributed by atoms with van der Waals surface area (Å²) >= 11 is 1.44. The minimum absolute atomic E-state index is 0.0401. The molecule has 1 aliphatic carbocycles. The lowest BCUT2D eigenvalue weighted by Gasteiger charge is -2.34. The van der Waals surface area contributed by atoms with E-state index in [0.29, 0.717) is 24.4 Å². The topological polar surface area (TPSA) is 55.1 Å². The molecular weight excluding hydrogens is 280 g/mol. The first-order valence-electron chi connectivity index (χ1n) is 7.71. The number of carbonyl (C=O) groups excluding carboxylic acids is 1. The molecule has 2 unspecified atom stereocenters. The molecule has 0 saturated heterocycles. The molecular formula is C17H24N2OS. The lowest BCUT2D eigenvalue weighted by atomic mass is 9.78. The number of amides is 1. The Bertz CT molecular complexity index is 538. The van der Waals surface area contributed by atoms with Crippen LogP contribution in [0.3, 0.4) is 0 Å². The maximum Gasteiger partial charge on any atom is 0.261 e. The summed E-state index contributed by atoms with van der Waals surface area (Å²) in [6.45, 7) is 4.85. The van der Waals surface area contributed by atoms with Gasteiger partial charge in [-0.1, -0.05) is 38.5 Å². The largest absolute Gasteiger partial charge is 0.348 e. The van der Waals surface area contributed by atoms with Gasteiger partial charge in [0.1, 0.15) is 0 Å². The van der Waals surface area contributed by atoms with E-state index in [0.717, 1.165) is 16.2 Å². The molecule has 1 amide bonds. The Morgan fingerprint density at radius 2 is 2.19 bits per heavy atom. The third kappa shape index (κ3) is 4.33. The molecule has 4 heteroatoms. The van der Waals surface area contributed by atoms with E-state index >= 15 is 0 Å². The molecule has 1 aliphatic rings. The Kier molecular flexibility index (Phi) is 5.84. The van der Waals surface area contributed by atoms with Gasteiger partial charge in [0.25, 0.3) is 5.91 Å². The van der Waals surface area contributed by atoms with Crippen molar-refractivity contribution in [2.24, 2.45) is 17.6 Å². The minimum Gasteiger partial charge on any atom is -0.348 e. The number of rotatable bonds is 3. The first-order chi connectivity index (χ1) is 10.1. The van der Waals surface area contributed by atoms with Crippen LogP contribution in [0.15, 0.2) is 12.1 Å². The fourth-order valence-corrected chi connectivity index (χ4v) is 3.83. The molecule has 21 heavy (non-hydrogen) atoms. The molecule has 1 saturated carbocycles. The van der Waals surface area contributed by atoms with E-state index in [-0.39, 0.29) is 5.91 Å². The maximum absolute atomic E-state index is 12.4. The summed E-state index contributed by atoms with van der Waals surface area (Å²) in [6.07, 6.45) is 4.82. The molecule has 2 atom stereocenters. The highest BCUT2D eigenvalue weighted by Gasteiger charge is 2.29.